The lowest BCUT2D eigenvalue weighted by Crippen LogP contribution is -2.48. The molecule has 192 valence electrons. The van der Waals surface area contributed by atoms with E-state index in [4.69, 9.17) is 16.6 Å². The molecule has 0 bridgehead atoms. The summed E-state index contributed by atoms with van der Waals surface area (Å²) in [4.78, 5) is 22.2. The van der Waals surface area contributed by atoms with Crippen LogP contribution in [0.1, 0.15) is 29.6 Å². The number of nitrogens with zero attached hydrogens (tertiary/aromatic N) is 4. The van der Waals surface area contributed by atoms with Crippen LogP contribution in [0.5, 0.6) is 0 Å². The average molecular weight is 548 g/mol. The zero-order valence-corrected chi connectivity index (χ0v) is 22.4. The molecular formula is C25H30ClN5O3S2. The average Bonchev–Trinajstić information content (AvgIpc) is 3.35. The van der Waals surface area contributed by atoms with E-state index in [9.17, 15) is 13.2 Å². The summed E-state index contributed by atoms with van der Waals surface area (Å²) in [5, 5.41) is 4.64. The van der Waals surface area contributed by atoms with Gasteiger partial charge in [-0.2, -0.15) is 4.31 Å². The number of carbonyl (C=O) groups excluding carboxylic acids is 1. The van der Waals surface area contributed by atoms with Gasteiger partial charge in [0.2, 0.25) is 10.0 Å². The van der Waals surface area contributed by atoms with Gasteiger partial charge in [-0.1, -0.05) is 35.4 Å². The van der Waals surface area contributed by atoms with Gasteiger partial charge in [0.1, 0.15) is 5.52 Å². The summed E-state index contributed by atoms with van der Waals surface area (Å²) >= 11 is 7.94. The van der Waals surface area contributed by atoms with Crippen molar-refractivity contribution in [3.8, 4) is 0 Å². The molecule has 0 radical (unpaired) electrons. The van der Waals surface area contributed by atoms with Crippen molar-refractivity contribution in [2.24, 2.45) is 0 Å². The molecule has 36 heavy (non-hydrogen) atoms. The number of halogens is 1. The van der Waals surface area contributed by atoms with Gasteiger partial charge in [-0.3, -0.25) is 9.69 Å². The lowest BCUT2D eigenvalue weighted by Gasteiger charge is -2.34. The molecule has 11 heteroatoms. The van der Waals surface area contributed by atoms with Gasteiger partial charge in [-0.05, 0) is 49.2 Å². The Kier molecular flexibility index (Phi) is 7.78. The number of sulfonamides is 1. The molecule has 2 aliphatic rings. The number of amides is 1. The van der Waals surface area contributed by atoms with Gasteiger partial charge in [0.15, 0.2) is 5.13 Å². The van der Waals surface area contributed by atoms with Crippen LogP contribution in [0.4, 0.5) is 5.13 Å². The molecule has 2 aromatic carbocycles. The van der Waals surface area contributed by atoms with Gasteiger partial charge in [-0.15, -0.1) is 0 Å². The Bertz CT molecular complexity index is 1320. The van der Waals surface area contributed by atoms with E-state index in [1.165, 1.54) is 16.4 Å². The predicted octanol–water partition coefficient (Wildman–Crippen LogP) is 3.68. The third-order valence-corrected chi connectivity index (χ3v) is 10.1. The van der Waals surface area contributed by atoms with Crippen LogP contribution in [-0.2, 0) is 10.0 Å². The minimum Gasteiger partial charge on any atom is -0.351 e. The van der Waals surface area contributed by atoms with Gasteiger partial charge in [0.05, 0.1) is 14.6 Å². The largest absolute Gasteiger partial charge is 0.351 e. The number of piperidine rings is 1. The SMILES string of the molecule is O=C(NCCN1CCN(c2nc3c(Cl)cccc3s2)CC1)c1ccc(S(=O)(=O)N2CCCCC2)cc1. The van der Waals surface area contributed by atoms with Crippen LogP contribution in [-0.4, -0.2) is 80.9 Å². The topological polar surface area (TPSA) is 85.9 Å². The highest BCUT2D eigenvalue weighted by molar-refractivity contribution is 7.89. The van der Waals surface area contributed by atoms with Gasteiger partial charge >= 0.3 is 0 Å². The highest BCUT2D eigenvalue weighted by atomic mass is 35.5. The van der Waals surface area contributed by atoms with Crippen LogP contribution in [0.3, 0.4) is 0 Å². The van der Waals surface area contributed by atoms with E-state index in [1.54, 1.807) is 23.5 Å². The van der Waals surface area contributed by atoms with E-state index in [-0.39, 0.29) is 10.8 Å². The van der Waals surface area contributed by atoms with E-state index in [2.05, 4.69) is 15.1 Å². The third-order valence-electron chi connectivity index (χ3n) is 6.78. The van der Waals surface area contributed by atoms with Gasteiger partial charge in [-0.25, -0.2) is 13.4 Å². The molecule has 2 fully saturated rings. The third kappa shape index (κ3) is 5.52. The van der Waals surface area contributed by atoms with Crippen molar-refractivity contribution < 1.29 is 13.2 Å². The summed E-state index contributed by atoms with van der Waals surface area (Å²) < 4.78 is 28.2. The molecule has 0 saturated carbocycles. The smallest absolute Gasteiger partial charge is 0.251 e. The fourth-order valence-electron chi connectivity index (χ4n) is 4.66. The number of anilines is 1. The molecule has 1 N–H and O–H groups in total. The number of rotatable bonds is 7. The van der Waals surface area contributed by atoms with Crippen molar-refractivity contribution >= 4 is 54.2 Å². The van der Waals surface area contributed by atoms with Crippen LogP contribution >= 0.6 is 22.9 Å². The maximum Gasteiger partial charge on any atom is 0.251 e. The van der Waals surface area contributed by atoms with Crippen molar-refractivity contribution in [3.63, 3.8) is 0 Å². The fraction of sp³-hybridized carbons (Fsp3) is 0.440. The fourth-order valence-corrected chi connectivity index (χ4v) is 7.50. The number of piperazine rings is 1. The molecule has 1 aromatic heterocycles. The molecule has 0 unspecified atom stereocenters. The zero-order valence-electron chi connectivity index (χ0n) is 20.0. The molecule has 0 atom stereocenters. The predicted molar refractivity (Wildman–Crippen MR) is 145 cm³/mol. The Morgan fingerprint density at radius 2 is 1.69 bits per heavy atom. The zero-order chi connectivity index (χ0) is 25.1. The molecule has 3 heterocycles. The van der Waals surface area contributed by atoms with E-state index in [1.807, 2.05) is 18.2 Å². The number of nitrogens with one attached hydrogen (secondary N) is 1. The Morgan fingerprint density at radius 3 is 2.39 bits per heavy atom. The lowest BCUT2D eigenvalue weighted by atomic mass is 10.2. The van der Waals surface area contributed by atoms with Crippen LogP contribution in [0.2, 0.25) is 5.02 Å². The first-order valence-electron chi connectivity index (χ1n) is 12.3. The number of benzene rings is 2. The first-order chi connectivity index (χ1) is 17.4. The molecule has 2 aliphatic heterocycles. The van der Waals surface area contributed by atoms with Gasteiger partial charge < -0.3 is 10.2 Å². The molecule has 0 aliphatic carbocycles. The van der Waals surface area contributed by atoms with Crippen LogP contribution in [0, 0.1) is 0 Å². The maximum atomic E-state index is 12.8. The molecule has 0 spiro atoms. The number of thiazole rings is 1. The maximum absolute atomic E-state index is 12.8. The van der Waals surface area contributed by atoms with E-state index in [0.717, 1.165) is 67.3 Å². The summed E-state index contributed by atoms with van der Waals surface area (Å²) in [7, 11) is -3.49. The van der Waals surface area contributed by atoms with Crippen molar-refractivity contribution in [2.45, 2.75) is 24.2 Å². The van der Waals surface area contributed by atoms with Crippen molar-refractivity contribution in [1.82, 2.24) is 19.5 Å². The quantitative estimate of drug-likeness (QED) is 0.486. The number of aromatic nitrogens is 1. The molecule has 3 aromatic rings. The van der Waals surface area contributed by atoms with Gasteiger partial charge in [0, 0.05) is 57.9 Å². The summed E-state index contributed by atoms with van der Waals surface area (Å²) in [5.74, 6) is -0.193. The van der Waals surface area contributed by atoms with E-state index < -0.39 is 10.0 Å². The van der Waals surface area contributed by atoms with E-state index >= 15 is 0 Å². The Labute approximate surface area is 220 Å². The molecule has 8 nitrogen and oxygen atoms in total. The number of hydrogen-bond acceptors (Lipinski definition) is 7. The minimum atomic E-state index is -3.49. The second-order valence-electron chi connectivity index (χ2n) is 9.16. The Balaban J connectivity index is 1.08. The monoisotopic (exact) mass is 547 g/mol. The number of hydrogen-bond donors (Lipinski definition) is 1. The van der Waals surface area contributed by atoms with Crippen LogP contribution in [0.25, 0.3) is 10.2 Å². The normalized spacial score (nSPS) is 18.0. The number of carbonyl (C=O) groups is 1. The van der Waals surface area contributed by atoms with Crippen molar-refractivity contribution in [1.29, 1.82) is 0 Å². The highest BCUT2D eigenvalue weighted by Crippen LogP contribution is 2.33. The summed E-state index contributed by atoms with van der Waals surface area (Å²) in [5.41, 5.74) is 1.33. The summed E-state index contributed by atoms with van der Waals surface area (Å²) in [6.45, 7) is 5.94. The summed E-state index contributed by atoms with van der Waals surface area (Å²) in [6, 6.07) is 12.1. The number of para-hydroxylation sites is 1. The molecule has 1 amide bonds. The first-order valence-corrected chi connectivity index (χ1v) is 15.0. The summed E-state index contributed by atoms with van der Waals surface area (Å²) in [6.07, 6.45) is 2.86. The van der Waals surface area contributed by atoms with Crippen LogP contribution in [0.15, 0.2) is 47.4 Å². The highest BCUT2D eigenvalue weighted by Gasteiger charge is 2.26. The Morgan fingerprint density at radius 1 is 0.972 bits per heavy atom. The second-order valence-corrected chi connectivity index (χ2v) is 12.5. The molecule has 2 saturated heterocycles. The first kappa shape index (κ1) is 25.4. The molecular weight excluding hydrogens is 518 g/mol. The van der Waals surface area contributed by atoms with Crippen LogP contribution < -0.4 is 10.2 Å². The minimum absolute atomic E-state index is 0.193. The standard InChI is InChI=1S/C25H30ClN5O3S2/c26-21-5-4-6-22-23(21)28-25(35-22)30-17-15-29(16-18-30)14-11-27-24(32)19-7-9-20(10-8-19)36(33,34)31-12-2-1-3-13-31/h4-10H,1-3,11-18H2,(H,27,32). The number of fused-ring (bicyclic) bond motifs is 1. The van der Waals surface area contributed by atoms with Crippen molar-refractivity contribution in [3.05, 3.63) is 53.1 Å². The molecule has 5 rings (SSSR count). The lowest BCUT2D eigenvalue weighted by molar-refractivity contribution is 0.0947. The Hall–Kier alpha value is -2.24. The van der Waals surface area contributed by atoms with E-state index in [0.29, 0.717) is 30.2 Å². The second kappa shape index (κ2) is 11.0. The van der Waals surface area contributed by atoms with Gasteiger partial charge in [0.25, 0.3) is 5.91 Å². The van der Waals surface area contributed by atoms with Crippen molar-refractivity contribution in [2.75, 3.05) is 57.3 Å².